The van der Waals surface area contributed by atoms with Gasteiger partial charge in [-0.15, -0.1) is 0 Å². The van der Waals surface area contributed by atoms with Crippen molar-refractivity contribution in [2.24, 2.45) is 11.5 Å². The maximum absolute atomic E-state index is 11.2. The zero-order valence-electron chi connectivity index (χ0n) is 8.38. The molecule has 1 unspecified atom stereocenters. The molecule has 0 rings (SSSR count). The lowest BCUT2D eigenvalue weighted by atomic mass is 10.1. The first-order valence-electron chi connectivity index (χ1n) is 4.93. The van der Waals surface area contributed by atoms with E-state index in [-0.39, 0.29) is 11.9 Å². The van der Waals surface area contributed by atoms with Gasteiger partial charge in [0.2, 0.25) is 5.91 Å². The van der Waals surface area contributed by atoms with Crippen LogP contribution in [0.25, 0.3) is 0 Å². The van der Waals surface area contributed by atoms with Gasteiger partial charge in [0.1, 0.15) is 0 Å². The number of carbonyl (C=O) groups is 1. The molecule has 0 saturated heterocycles. The van der Waals surface area contributed by atoms with Crippen LogP contribution >= 0.6 is 0 Å². The molecule has 4 nitrogen and oxygen atoms in total. The minimum atomic E-state index is -0.00508. The molecule has 0 radical (unpaired) electrons. The Labute approximate surface area is 80.0 Å². The van der Waals surface area contributed by atoms with E-state index >= 15 is 0 Å². The highest BCUT2D eigenvalue weighted by Crippen LogP contribution is 1.93. The van der Waals surface area contributed by atoms with Crippen molar-refractivity contribution in [1.29, 1.82) is 0 Å². The molecular formula is C9H21N3O. The number of amides is 1. The van der Waals surface area contributed by atoms with Gasteiger partial charge in [0.15, 0.2) is 0 Å². The highest BCUT2D eigenvalue weighted by molar-refractivity contribution is 5.76. The number of unbranched alkanes of at least 4 members (excludes halogenated alkanes) is 1. The molecule has 0 aromatic rings. The van der Waals surface area contributed by atoms with Gasteiger partial charge < -0.3 is 16.8 Å². The number of rotatable bonds is 7. The fourth-order valence-corrected chi connectivity index (χ4v) is 0.952. The molecule has 4 heteroatoms. The van der Waals surface area contributed by atoms with E-state index in [9.17, 15) is 4.79 Å². The molecular weight excluding hydrogens is 166 g/mol. The molecule has 0 saturated carbocycles. The second-order valence-electron chi connectivity index (χ2n) is 3.22. The second-order valence-corrected chi connectivity index (χ2v) is 3.22. The Morgan fingerprint density at radius 1 is 1.46 bits per heavy atom. The molecule has 0 heterocycles. The van der Waals surface area contributed by atoms with Gasteiger partial charge in [0.05, 0.1) is 0 Å². The number of nitrogens with two attached hydrogens (primary N) is 2. The van der Waals surface area contributed by atoms with E-state index in [2.05, 4.69) is 5.32 Å². The number of carbonyl (C=O) groups excluding carboxylic acids is 1. The third-order valence-corrected chi connectivity index (χ3v) is 1.93. The molecule has 0 fully saturated rings. The smallest absolute Gasteiger partial charge is 0.221 e. The lowest BCUT2D eigenvalue weighted by molar-refractivity contribution is -0.121. The molecule has 0 aliphatic heterocycles. The van der Waals surface area contributed by atoms with Crippen LogP contribution in [-0.4, -0.2) is 25.0 Å². The summed E-state index contributed by atoms with van der Waals surface area (Å²) >= 11 is 0. The van der Waals surface area contributed by atoms with Crippen molar-refractivity contribution in [3.05, 3.63) is 0 Å². The van der Waals surface area contributed by atoms with Crippen LogP contribution in [-0.2, 0) is 4.79 Å². The number of hydrogen-bond acceptors (Lipinski definition) is 3. The molecule has 0 aliphatic rings. The third-order valence-electron chi connectivity index (χ3n) is 1.93. The van der Waals surface area contributed by atoms with Gasteiger partial charge in [0.25, 0.3) is 0 Å². The Morgan fingerprint density at radius 3 is 2.69 bits per heavy atom. The second kappa shape index (κ2) is 8.01. The monoisotopic (exact) mass is 187 g/mol. The normalized spacial score (nSPS) is 12.5. The van der Waals surface area contributed by atoms with E-state index in [1.807, 2.05) is 6.92 Å². The van der Waals surface area contributed by atoms with Crippen molar-refractivity contribution in [3.8, 4) is 0 Å². The minimum absolute atomic E-state index is 0.00508. The fraction of sp³-hybridized carbons (Fsp3) is 0.889. The van der Waals surface area contributed by atoms with Gasteiger partial charge in [-0.2, -0.15) is 0 Å². The van der Waals surface area contributed by atoms with E-state index in [0.29, 0.717) is 19.5 Å². The van der Waals surface area contributed by atoms with E-state index in [1.54, 1.807) is 0 Å². The molecule has 78 valence electrons. The lowest BCUT2D eigenvalue weighted by Crippen LogP contribution is -2.31. The summed E-state index contributed by atoms with van der Waals surface area (Å²) < 4.78 is 0. The van der Waals surface area contributed by atoms with E-state index in [0.717, 1.165) is 19.3 Å². The van der Waals surface area contributed by atoms with Crippen LogP contribution in [0, 0.1) is 0 Å². The van der Waals surface area contributed by atoms with Gasteiger partial charge in [-0.3, -0.25) is 4.79 Å². The Bertz CT molecular complexity index is 139. The third kappa shape index (κ3) is 7.74. The van der Waals surface area contributed by atoms with Crippen molar-refractivity contribution in [2.75, 3.05) is 13.1 Å². The van der Waals surface area contributed by atoms with Crippen molar-refractivity contribution < 1.29 is 4.79 Å². The fourth-order valence-electron chi connectivity index (χ4n) is 0.952. The summed E-state index contributed by atoms with van der Waals surface area (Å²) in [5.74, 6) is 0.0476. The van der Waals surface area contributed by atoms with Gasteiger partial charge >= 0.3 is 0 Å². The van der Waals surface area contributed by atoms with Gasteiger partial charge in [-0.25, -0.2) is 0 Å². The van der Waals surface area contributed by atoms with E-state index in [1.165, 1.54) is 0 Å². The van der Waals surface area contributed by atoms with Crippen LogP contribution < -0.4 is 16.8 Å². The van der Waals surface area contributed by atoms with Gasteiger partial charge in [-0.05, 0) is 25.8 Å². The molecule has 0 aliphatic carbocycles. The summed E-state index contributed by atoms with van der Waals surface area (Å²) in [6, 6.07) is -0.00508. The molecule has 13 heavy (non-hydrogen) atoms. The summed E-state index contributed by atoms with van der Waals surface area (Å²) in [6.07, 6.45) is 3.18. The average molecular weight is 187 g/mol. The Kier molecular flexibility index (Phi) is 7.63. The first kappa shape index (κ1) is 12.4. The highest BCUT2D eigenvalue weighted by atomic mass is 16.1. The lowest BCUT2D eigenvalue weighted by Gasteiger charge is -2.08. The van der Waals surface area contributed by atoms with E-state index < -0.39 is 0 Å². The van der Waals surface area contributed by atoms with Crippen molar-refractivity contribution in [3.63, 3.8) is 0 Å². The summed E-state index contributed by atoms with van der Waals surface area (Å²) in [5.41, 5.74) is 10.9. The maximum Gasteiger partial charge on any atom is 0.221 e. The largest absolute Gasteiger partial charge is 0.356 e. The molecule has 0 spiro atoms. The minimum Gasteiger partial charge on any atom is -0.356 e. The highest BCUT2D eigenvalue weighted by Gasteiger charge is 2.05. The first-order chi connectivity index (χ1) is 6.20. The summed E-state index contributed by atoms with van der Waals surface area (Å²) in [4.78, 5) is 11.2. The van der Waals surface area contributed by atoms with Crippen molar-refractivity contribution in [2.45, 2.75) is 38.6 Å². The molecule has 0 aromatic carbocycles. The zero-order chi connectivity index (χ0) is 10.1. The SMILES string of the molecule is CCC(N)CC(=O)NCCCCN. The number of hydrogen-bond donors (Lipinski definition) is 3. The predicted octanol–water partition coefficient (Wildman–Crippen LogP) is -0.0311. The topological polar surface area (TPSA) is 81.1 Å². The molecule has 0 bridgehead atoms. The van der Waals surface area contributed by atoms with Crippen LogP contribution in [0.1, 0.15) is 32.6 Å². The van der Waals surface area contributed by atoms with Crippen LogP contribution in [0.4, 0.5) is 0 Å². The van der Waals surface area contributed by atoms with Crippen LogP contribution in [0.15, 0.2) is 0 Å². The summed E-state index contributed by atoms with van der Waals surface area (Å²) in [7, 11) is 0. The summed E-state index contributed by atoms with van der Waals surface area (Å²) in [6.45, 7) is 3.38. The predicted molar refractivity (Wildman–Crippen MR) is 54.2 cm³/mol. The molecule has 1 atom stereocenters. The Morgan fingerprint density at radius 2 is 2.15 bits per heavy atom. The maximum atomic E-state index is 11.2. The van der Waals surface area contributed by atoms with Crippen LogP contribution in [0.3, 0.4) is 0 Å². The molecule has 5 N–H and O–H groups in total. The summed E-state index contributed by atoms with van der Waals surface area (Å²) in [5, 5.41) is 2.81. The average Bonchev–Trinajstić information content (AvgIpc) is 2.12. The van der Waals surface area contributed by atoms with E-state index in [4.69, 9.17) is 11.5 Å². The van der Waals surface area contributed by atoms with Crippen LogP contribution in [0.5, 0.6) is 0 Å². The van der Waals surface area contributed by atoms with Crippen molar-refractivity contribution >= 4 is 5.91 Å². The molecule has 0 aromatic heterocycles. The number of nitrogens with one attached hydrogen (secondary N) is 1. The first-order valence-corrected chi connectivity index (χ1v) is 4.93. The Balaban J connectivity index is 3.30. The standard InChI is InChI=1S/C9H21N3O/c1-2-8(11)7-9(13)12-6-4-3-5-10/h8H,2-7,10-11H2,1H3,(H,12,13). The molecule has 1 amide bonds. The quantitative estimate of drug-likeness (QED) is 0.489. The van der Waals surface area contributed by atoms with Gasteiger partial charge in [0, 0.05) is 19.0 Å². The van der Waals surface area contributed by atoms with Crippen molar-refractivity contribution in [1.82, 2.24) is 5.32 Å². The van der Waals surface area contributed by atoms with Gasteiger partial charge in [-0.1, -0.05) is 6.92 Å². The van der Waals surface area contributed by atoms with Crippen LogP contribution in [0.2, 0.25) is 0 Å². The zero-order valence-corrected chi connectivity index (χ0v) is 8.38. The Hall–Kier alpha value is -0.610.